The molecule has 2 aliphatic rings. The Bertz CT molecular complexity index is 903. The predicted molar refractivity (Wildman–Crippen MR) is 110 cm³/mol. The Labute approximate surface area is 177 Å². The molecule has 0 spiro atoms. The minimum atomic E-state index is -4.35. The van der Waals surface area contributed by atoms with Crippen LogP contribution in [-0.2, 0) is 11.0 Å². The van der Waals surface area contributed by atoms with E-state index in [4.69, 9.17) is 9.90 Å². The molecular weight excluding hydrogens is 416 g/mol. The first kappa shape index (κ1) is 22.8. The van der Waals surface area contributed by atoms with Crippen LogP contribution in [0.25, 0.3) is 11.1 Å². The number of anilines is 2. The van der Waals surface area contributed by atoms with Gasteiger partial charge in [-0.2, -0.15) is 13.2 Å². The average Bonchev–Trinajstić information content (AvgIpc) is 3.12. The van der Waals surface area contributed by atoms with Crippen LogP contribution in [0.3, 0.4) is 0 Å². The molecule has 0 saturated heterocycles. The lowest BCUT2D eigenvalue weighted by molar-refractivity contribution is -0.138. The van der Waals surface area contributed by atoms with E-state index in [-0.39, 0.29) is 0 Å². The summed E-state index contributed by atoms with van der Waals surface area (Å²) in [6, 6.07) is 7.94. The van der Waals surface area contributed by atoms with Crippen LogP contribution >= 0.6 is 0 Å². The molecule has 31 heavy (non-hydrogen) atoms. The van der Waals surface area contributed by atoms with E-state index in [1.54, 1.807) is 12.3 Å². The summed E-state index contributed by atoms with van der Waals surface area (Å²) in [6.45, 7) is 1.12. The number of carboxylic acid groups (broad SMARTS) is 1. The lowest BCUT2D eigenvalue weighted by Crippen LogP contribution is -2.40. The molecule has 6 nitrogen and oxygen atoms in total. The van der Waals surface area contributed by atoms with E-state index in [0.29, 0.717) is 23.8 Å². The van der Waals surface area contributed by atoms with Gasteiger partial charge in [-0.05, 0) is 36.6 Å². The molecule has 0 bridgehead atoms. The van der Waals surface area contributed by atoms with Crippen molar-refractivity contribution in [1.82, 2.24) is 10.3 Å². The van der Waals surface area contributed by atoms with Gasteiger partial charge in [0.1, 0.15) is 0 Å². The van der Waals surface area contributed by atoms with Crippen LogP contribution in [0.4, 0.5) is 29.1 Å². The van der Waals surface area contributed by atoms with Crippen molar-refractivity contribution in [3.05, 3.63) is 42.1 Å². The molecule has 1 fully saturated rings. The number of halogens is 4. The summed E-state index contributed by atoms with van der Waals surface area (Å²) in [5, 5.41) is 14.1. The highest BCUT2D eigenvalue weighted by molar-refractivity contribution is 5.78. The highest BCUT2D eigenvalue weighted by Gasteiger charge is 2.30. The van der Waals surface area contributed by atoms with Gasteiger partial charge < -0.3 is 20.6 Å². The summed E-state index contributed by atoms with van der Waals surface area (Å²) >= 11 is 0. The first-order valence-electron chi connectivity index (χ1n) is 9.95. The van der Waals surface area contributed by atoms with Crippen LogP contribution in [0.15, 0.2) is 36.5 Å². The summed E-state index contributed by atoms with van der Waals surface area (Å²) < 4.78 is 49.4. The van der Waals surface area contributed by atoms with Crippen molar-refractivity contribution in [2.75, 3.05) is 36.6 Å². The quantitative estimate of drug-likeness (QED) is 0.586. The fourth-order valence-corrected chi connectivity index (χ4v) is 3.33. The molecule has 10 heteroatoms. The Kier molecular flexibility index (Phi) is 7.32. The second-order valence-electron chi connectivity index (χ2n) is 7.38. The van der Waals surface area contributed by atoms with Crippen LogP contribution in [0.1, 0.15) is 24.8 Å². The number of nitrogens with one attached hydrogen (secondary N) is 2. The maximum Gasteiger partial charge on any atom is 0.416 e. The van der Waals surface area contributed by atoms with Gasteiger partial charge in [0.05, 0.1) is 17.9 Å². The standard InChI is InChI=1S/C19H21F3N4.C2H3FO2/c20-19(21,22)15-4-1-3-13(9-15)14-10-17-18(24-11-14)25-12-26(17)8-7-23-16-5-2-6-16;3-1-2(4)5/h1,3-4,9-11,16,23H,2,5-8,12H2,(H,24,25);1H2,(H,4,5). The molecule has 0 amide bonds. The van der Waals surface area contributed by atoms with Gasteiger partial charge in [0.15, 0.2) is 12.5 Å². The number of aliphatic carboxylic acids is 1. The largest absolute Gasteiger partial charge is 0.479 e. The number of benzene rings is 1. The predicted octanol–water partition coefficient (Wildman–Crippen LogP) is 4.14. The molecule has 0 radical (unpaired) electrons. The van der Waals surface area contributed by atoms with E-state index in [9.17, 15) is 17.6 Å². The molecule has 3 N–H and O–H groups in total. The normalized spacial score (nSPS) is 15.4. The van der Waals surface area contributed by atoms with E-state index in [2.05, 4.69) is 20.5 Å². The van der Waals surface area contributed by atoms with E-state index in [0.717, 1.165) is 30.7 Å². The summed E-state index contributed by atoms with van der Waals surface area (Å²) in [5.74, 6) is -0.630. The highest BCUT2D eigenvalue weighted by atomic mass is 19.4. The van der Waals surface area contributed by atoms with Gasteiger partial charge in [-0.15, -0.1) is 0 Å². The van der Waals surface area contributed by atoms with Gasteiger partial charge in [-0.3, -0.25) is 0 Å². The molecule has 2 heterocycles. The van der Waals surface area contributed by atoms with Gasteiger partial charge in [0.2, 0.25) is 0 Å². The van der Waals surface area contributed by atoms with Crippen molar-refractivity contribution in [3.8, 4) is 11.1 Å². The molecular formula is C21H24F4N4O2. The van der Waals surface area contributed by atoms with Gasteiger partial charge in [-0.1, -0.05) is 18.6 Å². The molecule has 168 valence electrons. The zero-order valence-corrected chi connectivity index (χ0v) is 16.8. The lowest BCUT2D eigenvalue weighted by Gasteiger charge is -2.28. The molecule has 1 saturated carbocycles. The van der Waals surface area contributed by atoms with E-state index in [1.165, 1.54) is 31.4 Å². The third-order valence-electron chi connectivity index (χ3n) is 5.20. The Morgan fingerprint density at radius 3 is 2.61 bits per heavy atom. The number of nitrogens with zero attached hydrogens (tertiary/aromatic N) is 2. The van der Waals surface area contributed by atoms with Crippen LogP contribution in [0, 0.1) is 0 Å². The number of aromatic nitrogens is 1. The molecule has 1 aromatic heterocycles. The Balaban J connectivity index is 0.000000491. The Morgan fingerprint density at radius 1 is 1.26 bits per heavy atom. The van der Waals surface area contributed by atoms with Gasteiger partial charge in [-0.25, -0.2) is 14.2 Å². The first-order chi connectivity index (χ1) is 14.8. The van der Waals surface area contributed by atoms with Gasteiger partial charge in [0, 0.05) is 30.9 Å². The number of carbonyl (C=O) groups is 1. The fraction of sp³-hybridized carbons (Fsp3) is 0.429. The molecule has 2 aromatic rings. The number of rotatable bonds is 6. The van der Waals surface area contributed by atoms with E-state index < -0.39 is 24.4 Å². The number of alkyl halides is 4. The van der Waals surface area contributed by atoms with Crippen molar-refractivity contribution < 1.29 is 27.5 Å². The SMILES string of the molecule is FC(F)(F)c1cccc(-c2cnc3c(c2)N(CCNC2CCC2)CN3)c1.O=C(O)CF. The van der Waals surface area contributed by atoms with Crippen LogP contribution in [-0.4, -0.2) is 48.5 Å². The van der Waals surface area contributed by atoms with Crippen molar-refractivity contribution in [1.29, 1.82) is 0 Å². The van der Waals surface area contributed by atoms with Crippen LogP contribution in [0.2, 0.25) is 0 Å². The Morgan fingerprint density at radius 2 is 2.00 bits per heavy atom. The summed E-state index contributed by atoms with van der Waals surface area (Å²) in [6.07, 6.45) is 1.07. The minimum Gasteiger partial charge on any atom is -0.479 e. The maximum atomic E-state index is 13.0. The molecule has 0 unspecified atom stereocenters. The van der Waals surface area contributed by atoms with Crippen molar-refractivity contribution in [2.45, 2.75) is 31.5 Å². The Hall–Kier alpha value is -2.88. The minimum absolute atomic E-state index is 0.523. The summed E-state index contributed by atoms with van der Waals surface area (Å²) in [7, 11) is 0. The topological polar surface area (TPSA) is 77.5 Å². The van der Waals surface area contributed by atoms with Gasteiger partial charge in [0.25, 0.3) is 0 Å². The van der Waals surface area contributed by atoms with Crippen LogP contribution < -0.4 is 15.5 Å². The monoisotopic (exact) mass is 440 g/mol. The molecule has 1 aliphatic carbocycles. The van der Waals surface area contributed by atoms with Crippen molar-refractivity contribution in [2.24, 2.45) is 0 Å². The third-order valence-corrected chi connectivity index (χ3v) is 5.20. The molecule has 4 rings (SSSR count). The second-order valence-corrected chi connectivity index (χ2v) is 7.38. The lowest BCUT2D eigenvalue weighted by atomic mass is 9.93. The molecule has 1 aromatic carbocycles. The van der Waals surface area contributed by atoms with Crippen LogP contribution in [0.5, 0.6) is 0 Å². The average molecular weight is 440 g/mol. The van der Waals surface area contributed by atoms with Crippen molar-refractivity contribution >= 4 is 17.5 Å². The first-order valence-corrected chi connectivity index (χ1v) is 9.95. The maximum absolute atomic E-state index is 13.0. The van der Waals surface area contributed by atoms with E-state index in [1.807, 2.05) is 6.07 Å². The molecule has 0 atom stereocenters. The summed E-state index contributed by atoms with van der Waals surface area (Å²) in [5.41, 5.74) is 1.51. The van der Waals surface area contributed by atoms with E-state index >= 15 is 0 Å². The number of hydrogen-bond donors (Lipinski definition) is 3. The highest BCUT2D eigenvalue weighted by Crippen LogP contribution is 2.35. The van der Waals surface area contributed by atoms with Crippen molar-refractivity contribution in [3.63, 3.8) is 0 Å². The second kappa shape index (κ2) is 9.95. The number of hydrogen-bond acceptors (Lipinski definition) is 5. The fourth-order valence-electron chi connectivity index (χ4n) is 3.33. The van der Waals surface area contributed by atoms with Gasteiger partial charge >= 0.3 is 12.1 Å². The molecule has 1 aliphatic heterocycles. The smallest absolute Gasteiger partial charge is 0.416 e. The number of fused-ring (bicyclic) bond motifs is 1. The zero-order chi connectivity index (χ0) is 22.4. The zero-order valence-electron chi connectivity index (χ0n) is 16.8. The number of carboxylic acids is 1. The summed E-state index contributed by atoms with van der Waals surface area (Å²) in [4.78, 5) is 15.6. The number of pyridine rings is 1. The third kappa shape index (κ3) is 6.06.